The fourth-order valence-electron chi connectivity index (χ4n) is 3.68. The molecule has 1 aromatic carbocycles. The van der Waals surface area contributed by atoms with Gasteiger partial charge < -0.3 is 0 Å². The van der Waals surface area contributed by atoms with Crippen LogP contribution in [-0.2, 0) is 6.54 Å². The predicted molar refractivity (Wildman–Crippen MR) is 122 cm³/mol. The van der Waals surface area contributed by atoms with E-state index in [2.05, 4.69) is 22.1 Å². The maximum absolute atomic E-state index is 13.7. The predicted octanol–water partition coefficient (Wildman–Crippen LogP) is 4.94. The molecular formula is C23H24F2N6S. The fraction of sp³-hybridized carbons (Fsp3) is 0.304. The minimum absolute atomic E-state index is 0.110. The number of pyridine rings is 1. The zero-order valence-electron chi connectivity index (χ0n) is 18.4. The maximum atomic E-state index is 13.7. The Morgan fingerprint density at radius 1 is 1.03 bits per heavy atom. The molecule has 0 aliphatic heterocycles. The van der Waals surface area contributed by atoms with E-state index in [-0.39, 0.29) is 12.5 Å². The Kier molecular flexibility index (Phi) is 6.36. The molecule has 0 spiro atoms. The number of nitrogens with zero attached hydrogens (tertiary/aromatic N) is 6. The van der Waals surface area contributed by atoms with Crippen LogP contribution in [-0.4, -0.2) is 41.5 Å². The third-order valence-electron chi connectivity index (χ3n) is 5.04. The van der Waals surface area contributed by atoms with Crippen molar-refractivity contribution < 1.29 is 8.78 Å². The molecule has 0 fully saturated rings. The molecule has 9 heteroatoms. The van der Waals surface area contributed by atoms with Crippen LogP contribution in [0.1, 0.15) is 35.6 Å². The molecule has 0 aliphatic carbocycles. The van der Waals surface area contributed by atoms with E-state index >= 15 is 0 Å². The van der Waals surface area contributed by atoms with Gasteiger partial charge in [0.1, 0.15) is 23.2 Å². The van der Waals surface area contributed by atoms with Gasteiger partial charge in [0.15, 0.2) is 5.82 Å². The highest BCUT2D eigenvalue weighted by atomic mass is 32.2. The molecular weight excluding hydrogens is 430 g/mol. The molecule has 3 heterocycles. The van der Waals surface area contributed by atoms with Crippen molar-refractivity contribution in [3.05, 3.63) is 77.0 Å². The van der Waals surface area contributed by atoms with Crippen molar-refractivity contribution in [3.8, 4) is 17.2 Å². The minimum atomic E-state index is -0.611. The number of halogens is 2. The summed E-state index contributed by atoms with van der Waals surface area (Å²) in [5, 5.41) is 9.11. The zero-order valence-corrected chi connectivity index (χ0v) is 19.2. The molecule has 32 heavy (non-hydrogen) atoms. The van der Waals surface area contributed by atoms with Crippen LogP contribution in [0.4, 0.5) is 8.78 Å². The second-order valence-electron chi connectivity index (χ2n) is 7.83. The third-order valence-corrected chi connectivity index (χ3v) is 5.88. The molecule has 4 rings (SSSR count). The van der Waals surface area contributed by atoms with Gasteiger partial charge in [-0.3, -0.25) is 4.98 Å². The van der Waals surface area contributed by atoms with E-state index in [1.807, 2.05) is 43.0 Å². The van der Waals surface area contributed by atoms with Crippen molar-refractivity contribution in [3.63, 3.8) is 0 Å². The van der Waals surface area contributed by atoms with E-state index < -0.39 is 11.6 Å². The van der Waals surface area contributed by atoms with E-state index in [9.17, 15) is 8.78 Å². The van der Waals surface area contributed by atoms with E-state index in [0.717, 1.165) is 34.7 Å². The van der Waals surface area contributed by atoms with E-state index in [1.54, 1.807) is 22.6 Å². The Morgan fingerprint density at radius 2 is 1.78 bits per heavy atom. The Labute approximate surface area is 189 Å². The smallest absolute Gasteiger partial charge is 0.200 e. The SMILES string of the molecule is CSCC(C)c1nc(-c2ccc(-n3nc(C)cc3C)cn2)nn1Cc1cc(F)cc(F)c1. The third kappa shape index (κ3) is 4.72. The molecule has 0 amide bonds. The molecule has 4 aromatic rings. The first-order chi connectivity index (χ1) is 15.3. The van der Waals surface area contributed by atoms with Gasteiger partial charge in [-0.1, -0.05) is 6.92 Å². The van der Waals surface area contributed by atoms with Gasteiger partial charge in [0.25, 0.3) is 0 Å². The minimum Gasteiger partial charge on any atom is -0.251 e. The van der Waals surface area contributed by atoms with Crippen molar-refractivity contribution in [1.82, 2.24) is 29.5 Å². The van der Waals surface area contributed by atoms with Gasteiger partial charge in [-0.2, -0.15) is 16.9 Å². The number of benzene rings is 1. The van der Waals surface area contributed by atoms with Crippen LogP contribution in [0.5, 0.6) is 0 Å². The quantitative estimate of drug-likeness (QED) is 0.396. The first-order valence-corrected chi connectivity index (χ1v) is 11.6. The number of aryl methyl sites for hydroxylation is 2. The van der Waals surface area contributed by atoms with Gasteiger partial charge in [-0.05, 0) is 56.0 Å². The van der Waals surface area contributed by atoms with Crippen molar-refractivity contribution in [2.75, 3.05) is 12.0 Å². The average Bonchev–Trinajstić information content (AvgIpc) is 3.30. The van der Waals surface area contributed by atoms with Crippen LogP contribution in [0.25, 0.3) is 17.2 Å². The highest BCUT2D eigenvalue weighted by molar-refractivity contribution is 7.98. The van der Waals surface area contributed by atoms with Crippen molar-refractivity contribution in [1.29, 1.82) is 0 Å². The topological polar surface area (TPSA) is 61.4 Å². The van der Waals surface area contributed by atoms with Crippen LogP contribution in [0.3, 0.4) is 0 Å². The van der Waals surface area contributed by atoms with Crippen molar-refractivity contribution in [2.24, 2.45) is 0 Å². The van der Waals surface area contributed by atoms with Gasteiger partial charge in [-0.25, -0.2) is 23.1 Å². The summed E-state index contributed by atoms with van der Waals surface area (Å²) < 4.78 is 30.9. The summed E-state index contributed by atoms with van der Waals surface area (Å²) in [4.78, 5) is 9.28. The normalized spacial score (nSPS) is 12.3. The molecule has 0 saturated carbocycles. The highest BCUT2D eigenvalue weighted by Gasteiger charge is 2.19. The molecule has 1 unspecified atom stereocenters. The monoisotopic (exact) mass is 454 g/mol. The molecule has 3 aromatic heterocycles. The van der Waals surface area contributed by atoms with Crippen LogP contribution in [0.2, 0.25) is 0 Å². The van der Waals surface area contributed by atoms with Gasteiger partial charge in [0.05, 0.1) is 24.1 Å². The second-order valence-corrected chi connectivity index (χ2v) is 8.74. The van der Waals surface area contributed by atoms with Crippen LogP contribution in [0, 0.1) is 25.5 Å². The lowest BCUT2D eigenvalue weighted by Gasteiger charge is -2.11. The maximum Gasteiger partial charge on any atom is 0.200 e. The molecule has 0 N–H and O–H groups in total. The Morgan fingerprint density at radius 3 is 2.38 bits per heavy atom. The average molecular weight is 455 g/mol. The van der Waals surface area contributed by atoms with Gasteiger partial charge >= 0.3 is 0 Å². The molecule has 0 aliphatic rings. The van der Waals surface area contributed by atoms with Gasteiger partial charge in [-0.15, -0.1) is 5.10 Å². The molecule has 0 saturated heterocycles. The Hall–Kier alpha value is -3.07. The summed E-state index contributed by atoms with van der Waals surface area (Å²) >= 11 is 1.71. The van der Waals surface area contributed by atoms with E-state index in [1.165, 1.54) is 12.1 Å². The number of hydrogen-bond donors (Lipinski definition) is 0. The fourth-order valence-corrected chi connectivity index (χ4v) is 4.33. The molecule has 0 radical (unpaired) electrons. The summed E-state index contributed by atoms with van der Waals surface area (Å²) in [6, 6.07) is 9.28. The first kappa shape index (κ1) is 22.1. The zero-order chi connectivity index (χ0) is 22.8. The lowest BCUT2D eigenvalue weighted by Crippen LogP contribution is -2.11. The molecule has 1 atom stereocenters. The number of rotatable bonds is 7. The summed E-state index contributed by atoms with van der Waals surface area (Å²) in [6.07, 6.45) is 3.77. The number of hydrogen-bond acceptors (Lipinski definition) is 5. The number of thioether (sulfide) groups is 1. The van der Waals surface area contributed by atoms with Crippen molar-refractivity contribution >= 4 is 11.8 Å². The van der Waals surface area contributed by atoms with Crippen LogP contribution < -0.4 is 0 Å². The molecule has 6 nitrogen and oxygen atoms in total. The van der Waals surface area contributed by atoms with E-state index in [0.29, 0.717) is 17.1 Å². The summed E-state index contributed by atoms with van der Waals surface area (Å²) in [5.74, 6) is 0.965. The Bertz CT molecular complexity index is 1210. The largest absolute Gasteiger partial charge is 0.251 e. The number of aromatic nitrogens is 6. The van der Waals surface area contributed by atoms with Gasteiger partial charge in [0.2, 0.25) is 0 Å². The van der Waals surface area contributed by atoms with Crippen LogP contribution in [0.15, 0.2) is 42.6 Å². The lowest BCUT2D eigenvalue weighted by molar-refractivity contribution is 0.567. The second kappa shape index (κ2) is 9.20. The van der Waals surface area contributed by atoms with Gasteiger partial charge in [0, 0.05) is 23.4 Å². The molecule has 166 valence electrons. The summed E-state index contributed by atoms with van der Waals surface area (Å²) in [6.45, 7) is 6.22. The first-order valence-electron chi connectivity index (χ1n) is 10.2. The lowest BCUT2D eigenvalue weighted by atomic mass is 10.2. The van der Waals surface area contributed by atoms with Crippen LogP contribution >= 0.6 is 11.8 Å². The Balaban J connectivity index is 1.68. The highest BCUT2D eigenvalue weighted by Crippen LogP contribution is 2.23. The molecule has 0 bridgehead atoms. The summed E-state index contributed by atoms with van der Waals surface area (Å²) in [5.41, 5.74) is 3.93. The van der Waals surface area contributed by atoms with Crippen molar-refractivity contribution in [2.45, 2.75) is 33.2 Å². The van der Waals surface area contributed by atoms with E-state index in [4.69, 9.17) is 4.98 Å². The summed E-state index contributed by atoms with van der Waals surface area (Å²) in [7, 11) is 0. The standard InChI is InChI=1S/C23H24F2N6S/c1-14(13-32-4)23-27-22(29-30(23)12-17-8-18(24)10-19(25)9-17)21-6-5-20(11-26-21)31-16(3)7-15(2)28-31/h5-11,14H,12-13H2,1-4H3.